The predicted octanol–water partition coefficient (Wildman–Crippen LogP) is 1.59. The van der Waals surface area contributed by atoms with Gasteiger partial charge in [0.25, 0.3) is 11.8 Å². The zero-order chi connectivity index (χ0) is 17.1. The van der Waals surface area contributed by atoms with Gasteiger partial charge < -0.3 is 9.80 Å². The molecule has 1 fully saturated rings. The maximum absolute atomic E-state index is 12.9. The fraction of sp³-hybridized carbons (Fsp3) is 0.368. The van der Waals surface area contributed by atoms with Crippen molar-refractivity contribution in [3.05, 3.63) is 54.2 Å². The Bertz CT molecular complexity index is 673. The van der Waals surface area contributed by atoms with Gasteiger partial charge in [-0.2, -0.15) is 0 Å². The number of imide groups is 1. The van der Waals surface area contributed by atoms with Gasteiger partial charge >= 0.3 is 0 Å². The van der Waals surface area contributed by atoms with Gasteiger partial charge in [0.2, 0.25) is 0 Å². The second-order valence-electron chi connectivity index (χ2n) is 6.02. The molecule has 0 atom stereocenters. The van der Waals surface area contributed by atoms with E-state index in [4.69, 9.17) is 0 Å². The van der Waals surface area contributed by atoms with Crippen molar-refractivity contribution in [3.8, 4) is 0 Å². The number of amides is 2. The van der Waals surface area contributed by atoms with E-state index in [1.54, 1.807) is 6.08 Å². The number of rotatable bonds is 5. The van der Waals surface area contributed by atoms with Crippen LogP contribution < -0.4 is 0 Å². The molecule has 2 aliphatic rings. The van der Waals surface area contributed by atoms with Crippen molar-refractivity contribution in [2.75, 3.05) is 39.3 Å². The number of hydrogen-bond donors (Lipinski definition) is 0. The largest absolute Gasteiger partial charge is 0.364 e. The second-order valence-corrected chi connectivity index (χ2v) is 6.02. The third kappa shape index (κ3) is 2.87. The van der Waals surface area contributed by atoms with Crippen molar-refractivity contribution in [2.45, 2.75) is 6.92 Å². The molecule has 5 nitrogen and oxygen atoms in total. The minimum absolute atomic E-state index is 0.205. The van der Waals surface area contributed by atoms with Gasteiger partial charge in [-0.05, 0) is 12.1 Å². The van der Waals surface area contributed by atoms with Crippen LogP contribution in [0.1, 0.15) is 12.5 Å². The molecule has 5 heteroatoms. The molecule has 3 rings (SSSR count). The maximum atomic E-state index is 12.9. The van der Waals surface area contributed by atoms with Crippen molar-refractivity contribution in [2.24, 2.45) is 0 Å². The predicted molar refractivity (Wildman–Crippen MR) is 94.0 cm³/mol. The molecule has 0 unspecified atom stereocenters. The molecule has 2 amide bonds. The fourth-order valence-electron chi connectivity index (χ4n) is 3.30. The number of likely N-dealkylation sites (N-methyl/N-ethyl adjacent to an activating group) is 1. The number of hydrogen-bond acceptors (Lipinski definition) is 4. The molecule has 24 heavy (non-hydrogen) atoms. The monoisotopic (exact) mass is 325 g/mol. The Hall–Kier alpha value is -2.40. The van der Waals surface area contributed by atoms with Crippen molar-refractivity contribution in [3.63, 3.8) is 0 Å². The van der Waals surface area contributed by atoms with E-state index < -0.39 is 0 Å². The zero-order valence-corrected chi connectivity index (χ0v) is 14.1. The normalized spacial score (nSPS) is 19.4. The summed E-state index contributed by atoms with van der Waals surface area (Å²) in [5, 5.41) is 0. The SMILES string of the molecule is C=CCN1C(=O)C(c2ccccc2)=C(N2CCN(CC)CC2)C1=O. The van der Waals surface area contributed by atoms with Gasteiger partial charge in [-0.25, -0.2) is 0 Å². The fourth-order valence-corrected chi connectivity index (χ4v) is 3.30. The van der Waals surface area contributed by atoms with Gasteiger partial charge in [-0.3, -0.25) is 14.5 Å². The van der Waals surface area contributed by atoms with Crippen LogP contribution in [0.2, 0.25) is 0 Å². The Balaban J connectivity index is 1.99. The molecule has 0 aromatic heterocycles. The summed E-state index contributed by atoms with van der Waals surface area (Å²) in [6.45, 7) is 10.4. The van der Waals surface area contributed by atoms with E-state index in [2.05, 4.69) is 23.3 Å². The van der Waals surface area contributed by atoms with Crippen molar-refractivity contribution < 1.29 is 9.59 Å². The van der Waals surface area contributed by atoms with Gasteiger partial charge in [0.15, 0.2) is 0 Å². The smallest absolute Gasteiger partial charge is 0.278 e. The van der Waals surface area contributed by atoms with Gasteiger partial charge in [-0.1, -0.05) is 43.3 Å². The Morgan fingerprint density at radius 1 is 1.04 bits per heavy atom. The molecule has 2 aliphatic heterocycles. The molecule has 0 bridgehead atoms. The highest BCUT2D eigenvalue weighted by atomic mass is 16.2. The summed E-state index contributed by atoms with van der Waals surface area (Å²) in [6.07, 6.45) is 1.59. The van der Waals surface area contributed by atoms with Crippen LogP contribution in [-0.4, -0.2) is 65.8 Å². The third-order valence-electron chi connectivity index (χ3n) is 4.65. The minimum atomic E-state index is -0.223. The summed E-state index contributed by atoms with van der Waals surface area (Å²) in [6, 6.07) is 9.47. The van der Waals surface area contributed by atoms with E-state index in [0.29, 0.717) is 11.3 Å². The Morgan fingerprint density at radius 3 is 2.29 bits per heavy atom. The van der Waals surface area contributed by atoms with Crippen LogP contribution in [-0.2, 0) is 9.59 Å². The van der Waals surface area contributed by atoms with Crippen LogP contribution in [0.3, 0.4) is 0 Å². The average molecular weight is 325 g/mol. The van der Waals surface area contributed by atoms with Crippen molar-refractivity contribution in [1.82, 2.24) is 14.7 Å². The summed E-state index contributed by atoms with van der Waals surface area (Å²) < 4.78 is 0. The molecular weight excluding hydrogens is 302 g/mol. The topological polar surface area (TPSA) is 43.9 Å². The highest BCUT2D eigenvalue weighted by Gasteiger charge is 2.41. The molecule has 0 saturated carbocycles. The summed E-state index contributed by atoms with van der Waals surface area (Å²) in [5.74, 6) is -0.428. The van der Waals surface area contributed by atoms with Crippen LogP contribution >= 0.6 is 0 Å². The number of carbonyl (C=O) groups is 2. The lowest BCUT2D eigenvalue weighted by Crippen LogP contribution is -2.47. The molecule has 0 N–H and O–H groups in total. The van der Waals surface area contributed by atoms with Crippen LogP contribution in [0.4, 0.5) is 0 Å². The summed E-state index contributed by atoms with van der Waals surface area (Å²) >= 11 is 0. The van der Waals surface area contributed by atoms with E-state index in [-0.39, 0.29) is 18.4 Å². The minimum Gasteiger partial charge on any atom is -0.364 e. The molecule has 2 heterocycles. The van der Waals surface area contributed by atoms with Crippen LogP contribution in [0.15, 0.2) is 48.7 Å². The maximum Gasteiger partial charge on any atom is 0.278 e. The summed E-state index contributed by atoms with van der Waals surface area (Å²) in [7, 11) is 0. The molecule has 1 saturated heterocycles. The highest BCUT2D eigenvalue weighted by Crippen LogP contribution is 2.31. The average Bonchev–Trinajstić information content (AvgIpc) is 2.87. The first kappa shape index (κ1) is 16.5. The van der Waals surface area contributed by atoms with Crippen LogP contribution in [0.5, 0.6) is 0 Å². The quantitative estimate of drug-likeness (QED) is 0.609. The molecule has 1 aromatic carbocycles. The van der Waals surface area contributed by atoms with E-state index in [1.807, 2.05) is 30.3 Å². The van der Waals surface area contributed by atoms with E-state index in [0.717, 1.165) is 38.3 Å². The number of benzene rings is 1. The van der Waals surface area contributed by atoms with Crippen molar-refractivity contribution >= 4 is 17.4 Å². The highest BCUT2D eigenvalue weighted by molar-refractivity contribution is 6.35. The Labute approximate surface area is 142 Å². The molecule has 0 radical (unpaired) electrons. The first-order valence-electron chi connectivity index (χ1n) is 8.41. The molecule has 1 aromatic rings. The summed E-state index contributed by atoms with van der Waals surface area (Å²) in [4.78, 5) is 31.4. The Morgan fingerprint density at radius 2 is 1.71 bits per heavy atom. The van der Waals surface area contributed by atoms with E-state index in [1.165, 1.54) is 4.90 Å². The lowest BCUT2D eigenvalue weighted by Gasteiger charge is -2.35. The Kier molecular flexibility index (Phi) is 4.81. The van der Waals surface area contributed by atoms with Crippen LogP contribution in [0.25, 0.3) is 5.57 Å². The number of nitrogens with zero attached hydrogens (tertiary/aromatic N) is 3. The molecular formula is C19H23N3O2. The van der Waals surface area contributed by atoms with Crippen molar-refractivity contribution in [1.29, 1.82) is 0 Å². The van der Waals surface area contributed by atoms with Gasteiger partial charge in [-0.15, -0.1) is 6.58 Å². The summed E-state index contributed by atoms with van der Waals surface area (Å²) in [5.41, 5.74) is 1.87. The van der Waals surface area contributed by atoms with Gasteiger partial charge in [0, 0.05) is 32.7 Å². The number of piperazine rings is 1. The van der Waals surface area contributed by atoms with E-state index >= 15 is 0 Å². The van der Waals surface area contributed by atoms with Crippen LogP contribution in [0, 0.1) is 0 Å². The van der Waals surface area contributed by atoms with E-state index in [9.17, 15) is 9.59 Å². The first-order valence-corrected chi connectivity index (χ1v) is 8.41. The lowest BCUT2D eigenvalue weighted by molar-refractivity contribution is -0.137. The molecule has 0 spiro atoms. The lowest BCUT2D eigenvalue weighted by atomic mass is 10.0. The second kappa shape index (κ2) is 7.01. The standard InChI is InChI=1S/C19H23N3O2/c1-3-10-22-18(23)16(15-8-6-5-7-9-15)17(19(22)24)21-13-11-20(4-2)12-14-21/h3,5-9H,1,4,10-14H2,2H3. The molecule has 0 aliphatic carbocycles. The van der Waals surface area contributed by atoms with Gasteiger partial charge in [0.05, 0.1) is 5.57 Å². The van der Waals surface area contributed by atoms with Gasteiger partial charge in [0.1, 0.15) is 5.70 Å². The molecule has 126 valence electrons. The third-order valence-corrected chi connectivity index (χ3v) is 4.65. The zero-order valence-electron chi connectivity index (χ0n) is 14.1. The number of carbonyl (C=O) groups excluding carboxylic acids is 2. The first-order chi connectivity index (χ1) is 11.7.